The van der Waals surface area contributed by atoms with Gasteiger partial charge in [0, 0.05) is 36.2 Å². The lowest BCUT2D eigenvalue weighted by molar-refractivity contribution is 0.172. The molecule has 0 aromatic carbocycles. The minimum Gasteiger partial charge on any atom is -0.327 e. The summed E-state index contributed by atoms with van der Waals surface area (Å²) in [5, 5.41) is 1.60. The van der Waals surface area contributed by atoms with E-state index in [1.165, 1.54) is 38.9 Å². The van der Waals surface area contributed by atoms with Crippen LogP contribution in [0.25, 0.3) is 0 Å². The Morgan fingerprint density at radius 2 is 1.76 bits per heavy atom. The number of rotatable bonds is 2. The molecule has 0 aromatic rings. The van der Waals surface area contributed by atoms with E-state index in [2.05, 4.69) is 30.5 Å². The highest BCUT2D eigenvalue weighted by atomic mass is 32.2. The van der Waals surface area contributed by atoms with E-state index in [0.717, 1.165) is 28.3 Å². The molecule has 3 aliphatic rings. The average Bonchev–Trinajstić information content (AvgIpc) is 2.81. The van der Waals surface area contributed by atoms with Crippen molar-refractivity contribution >= 4 is 11.8 Å². The zero-order valence-corrected chi connectivity index (χ0v) is 12.0. The summed E-state index contributed by atoms with van der Waals surface area (Å²) in [5.74, 6) is 2.62. The Hall–Kier alpha value is 0.270. The van der Waals surface area contributed by atoms with Crippen molar-refractivity contribution in [2.24, 2.45) is 23.5 Å². The van der Waals surface area contributed by atoms with Crippen LogP contribution in [0.2, 0.25) is 0 Å². The van der Waals surface area contributed by atoms with Crippen molar-refractivity contribution in [3.63, 3.8) is 0 Å². The number of hydrogen-bond acceptors (Lipinski definition) is 3. The number of fused-ring (bicyclic) bond motifs is 2. The molecule has 6 atom stereocenters. The van der Waals surface area contributed by atoms with Gasteiger partial charge in [-0.2, -0.15) is 11.8 Å². The molecule has 3 rings (SSSR count). The van der Waals surface area contributed by atoms with E-state index in [4.69, 9.17) is 5.73 Å². The van der Waals surface area contributed by atoms with Crippen LogP contribution in [-0.4, -0.2) is 41.1 Å². The van der Waals surface area contributed by atoms with E-state index in [-0.39, 0.29) is 0 Å². The second-order valence-corrected chi connectivity index (χ2v) is 8.43. The highest BCUT2D eigenvalue weighted by molar-refractivity contribution is 8.00. The van der Waals surface area contributed by atoms with Gasteiger partial charge in [-0.15, -0.1) is 0 Å². The van der Waals surface area contributed by atoms with E-state index in [0.29, 0.717) is 6.04 Å². The molecule has 6 unspecified atom stereocenters. The van der Waals surface area contributed by atoms with E-state index in [9.17, 15) is 0 Å². The van der Waals surface area contributed by atoms with Crippen LogP contribution in [0.1, 0.15) is 33.1 Å². The Kier molecular flexibility index (Phi) is 3.44. The van der Waals surface area contributed by atoms with Gasteiger partial charge in [0.15, 0.2) is 0 Å². The molecule has 2 bridgehead atoms. The Morgan fingerprint density at radius 3 is 2.35 bits per heavy atom. The predicted octanol–water partition coefficient (Wildman–Crippen LogP) is 2.19. The number of nitrogens with two attached hydrogens (primary N) is 1. The fourth-order valence-corrected chi connectivity index (χ4v) is 5.84. The zero-order chi connectivity index (χ0) is 12.0. The second-order valence-electron chi connectivity index (χ2n) is 6.55. The minimum atomic E-state index is 0.508. The van der Waals surface area contributed by atoms with Gasteiger partial charge >= 0.3 is 0 Å². The summed E-state index contributed by atoms with van der Waals surface area (Å²) in [7, 11) is 0. The predicted molar refractivity (Wildman–Crippen MR) is 75.3 cm³/mol. The molecule has 0 amide bonds. The molecule has 1 heterocycles. The molecule has 0 aromatic heterocycles. The summed E-state index contributed by atoms with van der Waals surface area (Å²) >= 11 is 2.15. The third-order valence-corrected chi connectivity index (χ3v) is 6.35. The first-order chi connectivity index (χ1) is 8.13. The normalized spacial score (nSPS) is 51.0. The molecule has 2 aliphatic carbocycles. The summed E-state index contributed by atoms with van der Waals surface area (Å²) in [4.78, 5) is 2.69. The van der Waals surface area contributed by atoms with Gasteiger partial charge in [0.2, 0.25) is 0 Å². The molecule has 17 heavy (non-hydrogen) atoms. The minimum absolute atomic E-state index is 0.508. The summed E-state index contributed by atoms with van der Waals surface area (Å²) in [6, 6.07) is 0.508. The summed E-state index contributed by atoms with van der Waals surface area (Å²) < 4.78 is 0. The summed E-state index contributed by atoms with van der Waals surface area (Å²) in [6.07, 6.45) is 4.29. The lowest BCUT2D eigenvalue weighted by Gasteiger charge is -2.39. The van der Waals surface area contributed by atoms with Gasteiger partial charge in [-0.05, 0) is 37.0 Å². The molecule has 2 nitrogen and oxygen atoms in total. The smallest absolute Gasteiger partial charge is 0.0149 e. The molecule has 0 radical (unpaired) electrons. The van der Waals surface area contributed by atoms with Gasteiger partial charge in [0.1, 0.15) is 0 Å². The van der Waals surface area contributed by atoms with Crippen LogP contribution >= 0.6 is 11.8 Å². The van der Waals surface area contributed by atoms with Crippen LogP contribution in [0.4, 0.5) is 0 Å². The molecule has 1 aliphatic heterocycles. The van der Waals surface area contributed by atoms with Gasteiger partial charge in [-0.3, -0.25) is 0 Å². The molecule has 3 heteroatoms. The van der Waals surface area contributed by atoms with E-state index in [1.54, 1.807) is 0 Å². The SMILES string of the molecule is CC1CN(CC2C3CCC(C3)C2N)CC(C)S1. The van der Waals surface area contributed by atoms with Crippen LogP contribution in [-0.2, 0) is 0 Å². The maximum absolute atomic E-state index is 6.42. The highest BCUT2D eigenvalue weighted by Gasteiger charge is 2.46. The van der Waals surface area contributed by atoms with Crippen LogP contribution < -0.4 is 5.73 Å². The third-order valence-electron chi connectivity index (χ3n) is 5.12. The first kappa shape index (κ1) is 12.3. The van der Waals surface area contributed by atoms with E-state index in [1.807, 2.05) is 0 Å². The molecule has 3 fully saturated rings. The van der Waals surface area contributed by atoms with Gasteiger partial charge in [-0.25, -0.2) is 0 Å². The Balaban J connectivity index is 1.59. The largest absolute Gasteiger partial charge is 0.327 e. The van der Waals surface area contributed by atoms with Crippen molar-refractivity contribution in [2.75, 3.05) is 19.6 Å². The van der Waals surface area contributed by atoms with Crippen molar-refractivity contribution in [1.82, 2.24) is 4.90 Å². The number of nitrogens with zero attached hydrogens (tertiary/aromatic N) is 1. The monoisotopic (exact) mass is 254 g/mol. The van der Waals surface area contributed by atoms with Gasteiger partial charge < -0.3 is 10.6 Å². The Labute approximate surface area is 110 Å². The maximum Gasteiger partial charge on any atom is 0.0149 e. The fraction of sp³-hybridized carbons (Fsp3) is 1.00. The average molecular weight is 254 g/mol. The van der Waals surface area contributed by atoms with Crippen LogP contribution in [0, 0.1) is 17.8 Å². The van der Waals surface area contributed by atoms with Crippen molar-refractivity contribution in [1.29, 1.82) is 0 Å². The lowest BCUT2D eigenvalue weighted by atomic mass is 9.84. The lowest BCUT2D eigenvalue weighted by Crippen LogP contribution is -2.47. The van der Waals surface area contributed by atoms with Gasteiger partial charge in [-0.1, -0.05) is 13.8 Å². The number of hydrogen-bond donors (Lipinski definition) is 1. The van der Waals surface area contributed by atoms with Crippen LogP contribution in [0.15, 0.2) is 0 Å². The molecule has 98 valence electrons. The summed E-state index contributed by atoms with van der Waals surface area (Å²) in [5.41, 5.74) is 6.42. The molecule has 0 spiro atoms. The number of thioether (sulfide) groups is 1. The molecular weight excluding hydrogens is 228 g/mol. The fourth-order valence-electron chi connectivity index (χ4n) is 4.46. The van der Waals surface area contributed by atoms with Crippen molar-refractivity contribution in [3.05, 3.63) is 0 Å². The van der Waals surface area contributed by atoms with Crippen LogP contribution in [0.5, 0.6) is 0 Å². The summed E-state index contributed by atoms with van der Waals surface area (Å²) in [6.45, 7) is 8.56. The van der Waals surface area contributed by atoms with Gasteiger partial charge in [0.05, 0.1) is 0 Å². The standard InChI is InChI=1S/C14H26N2S/c1-9-6-16(7-10(2)17-9)8-13-11-3-4-12(5-11)14(13)15/h9-14H,3-8,15H2,1-2H3. The maximum atomic E-state index is 6.42. The van der Waals surface area contributed by atoms with Crippen LogP contribution in [0.3, 0.4) is 0 Å². The van der Waals surface area contributed by atoms with E-state index >= 15 is 0 Å². The van der Waals surface area contributed by atoms with E-state index < -0.39 is 0 Å². The molecule has 1 saturated heterocycles. The Bertz CT molecular complexity index is 271. The zero-order valence-electron chi connectivity index (χ0n) is 11.1. The molecular formula is C14H26N2S. The van der Waals surface area contributed by atoms with Crippen molar-refractivity contribution in [3.8, 4) is 0 Å². The highest BCUT2D eigenvalue weighted by Crippen LogP contribution is 2.48. The van der Waals surface area contributed by atoms with Crippen molar-refractivity contribution in [2.45, 2.75) is 49.7 Å². The quantitative estimate of drug-likeness (QED) is 0.819. The second kappa shape index (κ2) is 4.75. The first-order valence-corrected chi connectivity index (χ1v) is 8.21. The molecule has 2 N–H and O–H groups in total. The van der Waals surface area contributed by atoms with Crippen molar-refractivity contribution < 1.29 is 0 Å². The van der Waals surface area contributed by atoms with Gasteiger partial charge in [0.25, 0.3) is 0 Å². The Morgan fingerprint density at radius 1 is 1.12 bits per heavy atom. The third kappa shape index (κ3) is 2.39. The topological polar surface area (TPSA) is 29.3 Å². The molecule has 2 saturated carbocycles. The first-order valence-electron chi connectivity index (χ1n) is 7.27.